The van der Waals surface area contributed by atoms with Crippen LogP contribution < -0.4 is 0 Å². The van der Waals surface area contributed by atoms with Gasteiger partial charge in [-0.05, 0) is 23.6 Å². The number of rotatable bonds is 2. The van der Waals surface area contributed by atoms with Crippen LogP contribution in [0, 0.1) is 12.0 Å². The molecule has 1 amide bonds. The summed E-state index contributed by atoms with van der Waals surface area (Å²) in [5, 5.41) is 0. The molecule has 0 saturated carbocycles. The molecule has 0 aliphatic rings. The molecular weight excluding hydrogens is 250 g/mol. The number of methoxy groups -OCH3 is 1. The second kappa shape index (κ2) is 7.01. The predicted molar refractivity (Wildman–Crippen MR) is 77.7 cm³/mol. The molecule has 0 atom stereocenters. The van der Waals surface area contributed by atoms with Crippen molar-refractivity contribution in [1.82, 2.24) is 4.90 Å². The molecule has 0 aromatic heterocycles. The average Bonchev–Trinajstić information content (AvgIpc) is 2.52. The number of carbonyl (C=O) groups excluding carboxylic acids is 1. The van der Waals surface area contributed by atoms with E-state index in [1.54, 1.807) is 0 Å². The highest BCUT2D eigenvalue weighted by molar-refractivity contribution is 5.70. The van der Waals surface area contributed by atoms with Crippen LogP contribution in [0.15, 0.2) is 60.7 Å². The molecule has 0 bridgehead atoms. The van der Waals surface area contributed by atoms with E-state index >= 15 is 0 Å². The topological polar surface area (TPSA) is 29.5 Å². The zero-order chi connectivity index (χ0) is 14.2. The minimum Gasteiger partial charge on any atom is -0.452 e. The van der Waals surface area contributed by atoms with Gasteiger partial charge in [-0.2, -0.15) is 0 Å². The second-order valence-corrected chi connectivity index (χ2v) is 4.14. The van der Waals surface area contributed by atoms with Gasteiger partial charge < -0.3 is 4.74 Å². The maximum absolute atomic E-state index is 11.7. The van der Waals surface area contributed by atoms with Crippen LogP contribution >= 0.6 is 0 Å². The molecule has 3 heteroatoms. The van der Waals surface area contributed by atoms with Gasteiger partial charge in [-0.15, -0.1) is 0 Å². The number of carbonyl (C=O) groups is 1. The minimum atomic E-state index is -0.461. The van der Waals surface area contributed by atoms with E-state index in [2.05, 4.69) is 12.0 Å². The fraction of sp³-hybridized carbons (Fsp3) is 0.118. The summed E-state index contributed by atoms with van der Waals surface area (Å²) >= 11 is 0. The Kier molecular flexibility index (Phi) is 4.80. The Labute approximate surface area is 118 Å². The highest BCUT2D eigenvalue weighted by Crippen LogP contribution is 2.05. The van der Waals surface area contributed by atoms with Crippen molar-refractivity contribution in [3.05, 3.63) is 71.8 Å². The fourth-order valence-corrected chi connectivity index (χ4v) is 1.68. The number of nitrogens with zero attached hydrogens (tertiary/aromatic N) is 1. The SMILES string of the molecule is COC(=O)N(C#Cc1ccccc1)Cc1ccccc1. The molecule has 0 N–H and O–H groups in total. The van der Waals surface area contributed by atoms with Crippen LogP contribution in [0.3, 0.4) is 0 Å². The van der Waals surface area contributed by atoms with Gasteiger partial charge in [-0.3, -0.25) is 0 Å². The van der Waals surface area contributed by atoms with Crippen molar-refractivity contribution in [3.8, 4) is 12.0 Å². The Morgan fingerprint density at radius 2 is 1.65 bits per heavy atom. The van der Waals surface area contributed by atoms with E-state index in [0.717, 1.165) is 11.1 Å². The van der Waals surface area contributed by atoms with E-state index in [1.165, 1.54) is 12.0 Å². The van der Waals surface area contributed by atoms with Gasteiger partial charge in [0.1, 0.15) is 0 Å². The third-order valence-corrected chi connectivity index (χ3v) is 2.69. The zero-order valence-electron chi connectivity index (χ0n) is 11.2. The highest BCUT2D eigenvalue weighted by Gasteiger charge is 2.11. The molecule has 0 aliphatic heterocycles. The molecule has 0 unspecified atom stereocenters. The number of amides is 1. The van der Waals surface area contributed by atoms with E-state index in [1.807, 2.05) is 60.7 Å². The van der Waals surface area contributed by atoms with Gasteiger partial charge in [-0.25, -0.2) is 9.69 Å². The molecule has 0 aliphatic carbocycles. The molecule has 2 rings (SSSR count). The Morgan fingerprint density at radius 1 is 1.05 bits per heavy atom. The fourth-order valence-electron chi connectivity index (χ4n) is 1.68. The normalized spacial score (nSPS) is 9.25. The summed E-state index contributed by atoms with van der Waals surface area (Å²) < 4.78 is 4.76. The predicted octanol–water partition coefficient (Wildman–Crippen LogP) is 3.26. The molecule has 100 valence electrons. The first-order valence-corrected chi connectivity index (χ1v) is 6.25. The highest BCUT2D eigenvalue weighted by atomic mass is 16.5. The maximum atomic E-state index is 11.7. The third-order valence-electron chi connectivity index (χ3n) is 2.69. The zero-order valence-corrected chi connectivity index (χ0v) is 11.2. The van der Waals surface area contributed by atoms with Gasteiger partial charge >= 0.3 is 6.09 Å². The summed E-state index contributed by atoms with van der Waals surface area (Å²) in [7, 11) is 1.35. The second-order valence-electron chi connectivity index (χ2n) is 4.14. The summed E-state index contributed by atoms with van der Waals surface area (Å²) in [6.07, 6.45) is -0.461. The van der Waals surface area contributed by atoms with Gasteiger partial charge in [0.15, 0.2) is 0 Å². The molecule has 0 heterocycles. The standard InChI is InChI=1S/C17H15NO2/c1-20-17(19)18(14-16-10-6-3-7-11-16)13-12-15-8-4-2-5-9-15/h2-11H,14H2,1H3. The van der Waals surface area contributed by atoms with Crippen molar-refractivity contribution in [2.45, 2.75) is 6.54 Å². The molecular formula is C17H15NO2. The van der Waals surface area contributed by atoms with Crippen LogP contribution in [0.5, 0.6) is 0 Å². The van der Waals surface area contributed by atoms with E-state index < -0.39 is 6.09 Å². The average molecular weight is 265 g/mol. The Hall–Kier alpha value is -2.73. The van der Waals surface area contributed by atoms with Crippen LogP contribution in [0.2, 0.25) is 0 Å². The molecule has 0 fully saturated rings. The van der Waals surface area contributed by atoms with E-state index in [9.17, 15) is 4.79 Å². The van der Waals surface area contributed by atoms with Gasteiger partial charge in [0.25, 0.3) is 0 Å². The van der Waals surface area contributed by atoms with Crippen molar-refractivity contribution in [2.24, 2.45) is 0 Å². The molecule has 2 aromatic carbocycles. The van der Waals surface area contributed by atoms with E-state index in [4.69, 9.17) is 4.74 Å². The van der Waals surface area contributed by atoms with Crippen molar-refractivity contribution >= 4 is 6.09 Å². The lowest BCUT2D eigenvalue weighted by Gasteiger charge is -2.13. The third kappa shape index (κ3) is 3.89. The molecule has 20 heavy (non-hydrogen) atoms. The van der Waals surface area contributed by atoms with Crippen LogP contribution in [0.1, 0.15) is 11.1 Å². The smallest absolute Gasteiger partial charge is 0.421 e. The Morgan fingerprint density at radius 3 is 2.25 bits per heavy atom. The summed E-state index contributed by atoms with van der Waals surface area (Å²) in [4.78, 5) is 13.1. The van der Waals surface area contributed by atoms with Crippen molar-refractivity contribution in [1.29, 1.82) is 0 Å². The molecule has 3 nitrogen and oxygen atoms in total. The largest absolute Gasteiger partial charge is 0.452 e. The van der Waals surface area contributed by atoms with Gasteiger partial charge in [0.05, 0.1) is 13.7 Å². The van der Waals surface area contributed by atoms with Gasteiger partial charge in [0.2, 0.25) is 0 Å². The first kappa shape index (κ1) is 13.7. The van der Waals surface area contributed by atoms with Crippen molar-refractivity contribution in [3.63, 3.8) is 0 Å². The lowest BCUT2D eigenvalue weighted by Crippen LogP contribution is -2.25. The van der Waals surface area contributed by atoms with Crippen LogP contribution in [0.4, 0.5) is 4.79 Å². The first-order valence-electron chi connectivity index (χ1n) is 6.25. The lowest BCUT2D eigenvalue weighted by atomic mass is 10.2. The van der Waals surface area contributed by atoms with E-state index in [-0.39, 0.29) is 0 Å². The van der Waals surface area contributed by atoms with Crippen LogP contribution in [-0.2, 0) is 11.3 Å². The Balaban J connectivity index is 2.17. The minimum absolute atomic E-state index is 0.396. The Bertz CT molecular complexity index is 612. The quantitative estimate of drug-likeness (QED) is 0.616. The van der Waals surface area contributed by atoms with Gasteiger partial charge in [-0.1, -0.05) is 48.5 Å². The van der Waals surface area contributed by atoms with Gasteiger partial charge in [0, 0.05) is 11.6 Å². The number of ether oxygens (including phenoxy) is 1. The van der Waals surface area contributed by atoms with Crippen LogP contribution in [-0.4, -0.2) is 18.1 Å². The number of hydrogen-bond acceptors (Lipinski definition) is 2. The first-order chi connectivity index (χ1) is 9.79. The summed E-state index contributed by atoms with van der Waals surface area (Å²) in [5.74, 6) is 2.96. The van der Waals surface area contributed by atoms with Crippen LogP contribution in [0.25, 0.3) is 0 Å². The summed E-state index contributed by atoms with van der Waals surface area (Å²) in [6, 6.07) is 22.0. The molecule has 0 spiro atoms. The molecule has 2 aromatic rings. The van der Waals surface area contributed by atoms with Crippen molar-refractivity contribution in [2.75, 3.05) is 7.11 Å². The lowest BCUT2D eigenvalue weighted by molar-refractivity contribution is 0.141. The monoisotopic (exact) mass is 265 g/mol. The number of benzene rings is 2. The van der Waals surface area contributed by atoms with E-state index in [0.29, 0.717) is 6.54 Å². The maximum Gasteiger partial charge on any atom is 0.421 e. The number of hydrogen-bond donors (Lipinski definition) is 0. The summed E-state index contributed by atoms with van der Waals surface area (Å²) in [5.41, 5.74) is 1.86. The molecule has 0 saturated heterocycles. The van der Waals surface area contributed by atoms with Crippen molar-refractivity contribution < 1.29 is 9.53 Å². The molecule has 0 radical (unpaired) electrons. The summed E-state index contributed by atoms with van der Waals surface area (Å²) in [6.45, 7) is 0.396.